The number of piperidine rings is 1. The number of nitrogens with zero attached hydrogens (tertiary/aromatic N) is 4. The molecule has 0 atom stereocenters. The van der Waals surface area contributed by atoms with Gasteiger partial charge in [0.1, 0.15) is 11.3 Å². The van der Waals surface area contributed by atoms with Gasteiger partial charge in [0.25, 0.3) is 0 Å². The van der Waals surface area contributed by atoms with Crippen LogP contribution in [0, 0.1) is 28.9 Å². The van der Waals surface area contributed by atoms with Crippen LogP contribution in [-0.2, 0) is 4.84 Å². The Balaban J connectivity index is 1.43. The molecule has 0 N–H and O–H groups in total. The molecule has 27 heavy (non-hydrogen) atoms. The van der Waals surface area contributed by atoms with Crippen molar-refractivity contribution < 1.29 is 9.76 Å². The van der Waals surface area contributed by atoms with Gasteiger partial charge in [-0.05, 0) is 36.3 Å². The van der Waals surface area contributed by atoms with E-state index in [4.69, 9.17) is 4.84 Å². The smallest absolute Gasteiger partial charge is 0.311 e. The molecule has 0 amide bonds. The SMILES string of the molecule is Cc1ccc([N+](=O)[O-])c(N2CCC3(CC2)CC(C#Cc2cccs2)=NO3)n1. The average Bonchev–Trinajstić information content (AvgIpc) is 3.31. The summed E-state index contributed by atoms with van der Waals surface area (Å²) in [5.41, 5.74) is 1.22. The number of anilines is 1. The van der Waals surface area contributed by atoms with E-state index < -0.39 is 0 Å². The Morgan fingerprint density at radius 1 is 1.30 bits per heavy atom. The van der Waals surface area contributed by atoms with Gasteiger partial charge in [0.15, 0.2) is 0 Å². The van der Waals surface area contributed by atoms with Crippen molar-refractivity contribution in [2.45, 2.75) is 31.8 Å². The van der Waals surface area contributed by atoms with Crippen LogP contribution in [0.1, 0.15) is 29.8 Å². The number of hydrogen-bond acceptors (Lipinski definition) is 7. The van der Waals surface area contributed by atoms with Crippen molar-refractivity contribution in [3.63, 3.8) is 0 Å². The van der Waals surface area contributed by atoms with Crippen molar-refractivity contribution in [1.29, 1.82) is 0 Å². The van der Waals surface area contributed by atoms with E-state index in [1.807, 2.05) is 29.3 Å². The van der Waals surface area contributed by atoms with Crippen molar-refractivity contribution in [1.82, 2.24) is 4.98 Å². The molecule has 0 aromatic carbocycles. The van der Waals surface area contributed by atoms with Crippen LogP contribution in [0.3, 0.4) is 0 Å². The summed E-state index contributed by atoms with van der Waals surface area (Å²) in [6.07, 6.45) is 2.14. The number of hydrogen-bond donors (Lipinski definition) is 0. The highest BCUT2D eigenvalue weighted by Gasteiger charge is 2.42. The molecule has 2 aromatic rings. The topological polar surface area (TPSA) is 80.9 Å². The third-order valence-corrected chi connectivity index (χ3v) is 5.64. The second kappa shape index (κ2) is 7.00. The minimum absolute atomic E-state index is 0.0441. The summed E-state index contributed by atoms with van der Waals surface area (Å²) >= 11 is 1.60. The minimum Gasteiger partial charge on any atom is -0.388 e. The second-order valence-electron chi connectivity index (χ2n) is 6.76. The van der Waals surface area contributed by atoms with Crippen LogP contribution in [0.5, 0.6) is 0 Å². The molecule has 4 rings (SSSR count). The fraction of sp³-hybridized carbons (Fsp3) is 0.368. The van der Waals surface area contributed by atoms with Crippen LogP contribution >= 0.6 is 11.3 Å². The zero-order valence-corrected chi connectivity index (χ0v) is 15.7. The van der Waals surface area contributed by atoms with E-state index in [0.717, 1.165) is 29.1 Å². The van der Waals surface area contributed by atoms with E-state index in [1.165, 1.54) is 6.07 Å². The molecule has 138 valence electrons. The summed E-state index contributed by atoms with van der Waals surface area (Å²) in [6.45, 7) is 3.11. The van der Waals surface area contributed by atoms with Crippen molar-refractivity contribution in [2.24, 2.45) is 5.16 Å². The Hall–Kier alpha value is -2.92. The Morgan fingerprint density at radius 2 is 2.11 bits per heavy atom. The molecule has 4 heterocycles. The van der Waals surface area contributed by atoms with Gasteiger partial charge in [-0.25, -0.2) is 4.98 Å². The molecule has 0 aliphatic carbocycles. The largest absolute Gasteiger partial charge is 0.388 e. The van der Waals surface area contributed by atoms with Crippen LogP contribution in [0.25, 0.3) is 0 Å². The molecule has 2 aliphatic rings. The Labute approximate surface area is 160 Å². The van der Waals surface area contributed by atoms with Gasteiger partial charge in [-0.15, -0.1) is 11.3 Å². The Bertz CT molecular complexity index is 951. The first-order valence-corrected chi connectivity index (χ1v) is 9.60. The lowest BCUT2D eigenvalue weighted by Crippen LogP contribution is -2.45. The molecule has 2 aromatic heterocycles. The normalized spacial score (nSPS) is 17.8. The second-order valence-corrected chi connectivity index (χ2v) is 7.70. The van der Waals surface area contributed by atoms with Gasteiger partial charge in [-0.3, -0.25) is 10.1 Å². The zero-order valence-electron chi connectivity index (χ0n) is 14.8. The monoisotopic (exact) mass is 382 g/mol. The maximum Gasteiger partial charge on any atom is 0.311 e. The highest BCUT2D eigenvalue weighted by atomic mass is 32.1. The molecule has 0 bridgehead atoms. The highest BCUT2D eigenvalue weighted by molar-refractivity contribution is 7.10. The van der Waals surface area contributed by atoms with Crippen LogP contribution in [0.4, 0.5) is 11.5 Å². The predicted molar refractivity (Wildman–Crippen MR) is 104 cm³/mol. The minimum atomic E-state index is -0.375. The molecule has 1 fully saturated rings. The number of oxime groups is 1. The first-order valence-electron chi connectivity index (χ1n) is 8.72. The number of pyridine rings is 1. The molecule has 0 radical (unpaired) electrons. The molecule has 1 spiro atoms. The third-order valence-electron chi connectivity index (χ3n) is 4.85. The van der Waals surface area contributed by atoms with E-state index in [2.05, 4.69) is 22.0 Å². The molecule has 2 aliphatic heterocycles. The van der Waals surface area contributed by atoms with Crippen molar-refractivity contribution in [3.8, 4) is 11.8 Å². The predicted octanol–water partition coefficient (Wildman–Crippen LogP) is 3.53. The summed E-state index contributed by atoms with van der Waals surface area (Å²) in [6, 6.07) is 7.14. The average molecular weight is 382 g/mol. The number of rotatable bonds is 2. The molecule has 7 nitrogen and oxygen atoms in total. The van der Waals surface area contributed by atoms with Gasteiger partial charge in [0.2, 0.25) is 5.82 Å². The first kappa shape index (κ1) is 17.5. The Kier molecular flexibility index (Phi) is 4.54. The Morgan fingerprint density at radius 3 is 2.81 bits per heavy atom. The van der Waals surface area contributed by atoms with E-state index in [9.17, 15) is 10.1 Å². The standard InChI is InChI=1S/C19H18N4O3S/c1-14-4-7-17(23(24)25)18(20-14)22-10-8-19(9-11-22)13-15(21-26-19)5-6-16-3-2-12-27-16/h2-4,7,12H,8-11,13H2,1H3. The molecular weight excluding hydrogens is 364 g/mol. The zero-order chi connectivity index (χ0) is 18.9. The summed E-state index contributed by atoms with van der Waals surface area (Å²) in [5, 5.41) is 17.5. The molecule has 8 heteroatoms. The quantitative estimate of drug-likeness (QED) is 0.451. The summed E-state index contributed by atoms with van der Waals surface area (Å²) in [4.78, 5) is 24.1. The molecule has 0 unspecified atom stereocenters. The summed E-state index contributed by atoms with van der Waals surface area (Å²) < 4.78 is 0. The van der Waals surface area contributed by atoms with Crippen molar-refractivity contribution >= 4 is 28.6 Å². The fourth-order valence-corrected chi connectivity index (χ4v) is 3.95. The third kappa shape index (κ3) is 3.64. The number of aryl methyl sites for hydroxylation is 1. The summed E-state index contributed by atoms with van der Waals surface area (Å²) in [5.74, 6) is 6.65. The number of thiophene rings is 1. The number of nitro groups is 1. The molecule has 1 saturated heterocycles. The molecule has 0 saturated carbocycles. The van der Waals surface area contributed by atoms with Gasteiger partial charge >= 0.3 is 5.69 Å². The van der Waals surface area contributed by atoms with Crippen LogP contribution < -0.4 is 4.90 Å². The van der Waals surface area contributed by atoms with Crippen LogP contribution in [-0.4, -0.2) is 34.3 Å². The number of aromatic nitrogens is 1. The van der Waals surface area contributed by atoms with E-state index in [0.29, 0.717) is 25.3 Å². The van der Waals surface area contributed by atoms with Gasteiger partial charge in [-0.2, -0.15) is 0 Å². The maximum absolute atomic E-state index is 11.3. The summed E-state index contributed by atoms with van der Waals surface area (Å²) in [7, 11) is 0. The van der Waals surface area contributed by atoms with Crippen molar-refractivity contribution in [2.75, 3.05) is 18.0 Å². The van der Waals surface area contributed by atoms with Gasteiger partial charge in [0, 0.05) is 44.1 Å². The lowest BCUT2D eigenvalue weighted by molar-refractivity contribution is -0.384. The van der Waals surface area contributed by atoms with Crippen molar-refractivity contribution in [3.05, 3.63) is 50.3 Å². The van der Waals surface area contributed by atoms with Crippen LogP contribution in [0.2, 0.25) is 0 Å². The maximum atomic E-state index is 11.3. The van der Waals surface area contributed by atoms with E-state index in [-0.39, 0.29) is 16.2 Å². The van der Waals surface area contributed by atoms with E-state index >= 15 is 0 Å². The van der Waals surface area contributed by atoms with Crippen LogP contribution in [0.15, 0.2) is 34.8 Å². The lowest BCUT2D eigenvalue weighted by atomic mass is 9.87. The highest BCUT2D eigenvalue weighted by Crippen LogP contribution is 2.37. The molecular formula is C19H18N4O3S. The van der Waals surface area contributed by atoms with Gasteiger partial charge in [0.05, 0.1) is 9.80 Å². The fourth-order valence-electron chi connectivity index (χ4n) is 3.38. The van der Waals surface area contributed by atoms with Gasteiger partial charge < -0.3 is 9.74 Å². The lowest BCUT2D eigenvalue weighted by Gasteiger charge is -2.37. The van der Waals surface area contributed by atoms with E-state index in [1.54, 1.807) is 17.4 Å². The van der Waals surface area contributed by atoms with Gasteiger partial charge in [-0.1, -0.05) is 11.2 Å². The first-order chi connectivity index (χ1) is 13.0.